The van der Waals surface area contributed by atoms with Crippen molar-refractivity contribution in [3.05, 3.63) is 24.3 Å². The van der Waals surface area contributed by atoms with Gasteiger partial charge in [-0.25, -0.2) is 0 Å². The van der Waals surface area contributed by atoms with Crippen LogP contribution in [-0.2, 0) is 9.53 Å². The van der Waals surface area contributed by atoms with E-state index < -0.39 is 6.10 Å². The summed E-state index contributed by atoms with van der Waals surface area (Å²) >= 11 is 5.41. The quantitative estimate of drug-likeness (QED) is 0.625. The summed E-state index contributed by atoms with van der Waals surface area (Å²) in [7, 11) is 3.22. The van der Waals surface area contributed by atoms with E-state index in [1.807, 2.05) is 29.2 Å². The minimum atomic E-state index is -0.591. The number of rotatable bonds is 4. The fraction of sp³-hybridized carbons (Fsp3) is 0.429. The topological polar surface area (TPSA) is 62.8 Å². The average molecular weight is 309 g/mol. The monoisotopic (exact) mass is 309 g/mol. The molecule has 1 aliphatic heterocycles. The number of anilines is 1. The van der Waals surface area contributed by atoms with Crippen molar-refractivity contribution >= 4 is 28.9 Å². The number of ether oxygens (including phenoxy) is 2. The van der Waals surface area contributed by atoms with Crippen LogP contribution in [0.3, 0.4) is 0 Å². The number of benzene rings is 1. The Morgan fingerprint density at radius 2 is 2.29 bits per heavy atom. The molecule has 0 saturated heterocycles. The number of hydrogen-bond acceptors (Lipinski definition) is 4. The summed E-state index contributed by atoms with van der Waals surface area (Å²) < 4.78 is 10.7. The molecule has 6 nitrogen and oxygen atoms in total. The van der Waals surface area contributed by atoms with Crippen molar-refractivity contribution in [2.75, 3.05) is 38.8 Å². The fourth-order valence-electron chi connectivity index (χ4n) is 2.08. The normalized spacial score (nSPS) is 16.7. The molecule has 0 radical (unpaired) electrons. The summed E-state index contributed by atoms with van der Waals surface area (Å²) in [6, 6.07) is 7.52. The third kappa shape index (κ3) is 3.62. The summed E-state index contributed by atoms with van der Waals surface area (Å²) in [5.41, 5.74) is 0.854. The Balaban J connectivity index is 2.18. The van der Waals surface area contributed by atoms with Crippen molar-refractivity contribution in [3.8, 4) is 5.75 Å². The van der Waals surface area contributed by atoms with E-state index in [1.54, 1.807) is 14.2 Å². The molecule has 114 valence electrons. The van der Waals surface area contributed by atoms with Gasteiger partial charge in [0, 0.05) is 20.7 Å². The maximum atomic E-state index is 11.9. The van der Waals surface area contributed by atoms with E-state index in [1.165, 1.54) is 0 Å². The summed E-state index contributed by atoms with van der Waals surface area (Å²) in [6.07, 6.45) is -0.591. The lowest BCUT2D eigenvalue weighted by molar-refractivity contribution is -0.127. The van der Waals surface area contributed by atoms with Gasteiger partial charge in [-0.2, -0.15) is 0 Å². The molecule has 2 rings (SSSR count). The summed E-state index contributed by atoms with van der Waals surface area (Å²) in [5, 5.41) is 6.27. The first kappa shape index (κ1) is 15.5. The van der Waals surface area contributed by atoms with Gasteiger partial charge in [0.05, 0.1) is 18.8 Å². The molecular formula is C14H19N3O3S. The first-order valence-electron chi connectivity index (χ1n) is 6.69. The highest BCUT2D eigenvalue weighted by Gasteiger charge is 2.31. The molecule has 1 aromatic rings. The van der Waals surface area contributed by atoms with Crippen molar-refractivity contribution in [1.82, 2.24) is 10.6 Å². The smallest absolute Gasteiger partial charge is 0.262 e. The lowest BCUT2D eigenvalue weighted by Crippen LogP contribution is -2.52. The molecule has 21 heavy (non-hydrogen) atoms. The van der Waals surface area contributed by atoms with E-state index in [-0.39, 0.29) is 5.91 Å². The molecular weight excluding hydrogens is 290 g/mol. The van der Waals surface area contributed by atoms with Crippen LogP contribution in [0.4, 0.5) is 5.69 Å². The van der Waals surface area contributed by atoms with Gasteiger partial charge >= 0.3 is 0 Å². The van der Waals surface area contributed by atoms with Gasteiger partial charge < -0.3 is 25.0 Å². The highest BCUT2D eigenvalue weighted by molar-refractivity contribution is 7.80. The van der Waals surface area contributed by atoms with E-state index >= 15 is 0 Å². The van der Waals surface area contributed by atoms with E-state index in [0.29, 0.717) is 30.6 Å². The molecule has 0 aliphatic carbocycles. The van der Waals surface area contributed by atoms with Crippen molar-refractivity contribution < 1.29 is 14.3 Å². The maximum absolute atomic E-state index is 11.9. The lowest BCUT2D eigenvalue weighted by atomic mass is 10.2. The van der Waals surface area contributed by atoms with Crippen LogP contribution >= 0.6 is 12.2 Å². The van der Waals surface area contributed by atoms with E-state index in [4.69, 9.17) is 21.7 Å². The highest BCUT2D eigenvalue weighted by Crippen LogP contribution is 2.33. The minimum absolute atomic E-state index is 0.172. The first-order chi connectivity index (χ1) is 10.2. The van der Waals surface area contributed by atoms with Crippen LogP contribution in [0.1, 0.15) is 0 Å². The Bertz CT molecular complexity index is 524. The highest BCUT2D eigenvalue weighted by atomic mass is 32.1. The van der Waals surface area contributed by atoms with E-state index in [2.05, 4.69) is 10.6 Å². The van der Waals surface area contributed by atoms with Gasteiger partial charge in [-0.1, -0.05) is 12.1 Å². The van der Waals surface area contributed by atoms with Crippen LogP contribution in [-0.4, -0.2) is 51.0 Å². The SMILES string of the molecule is CNC(=O)[C@@H]1CN(C(=S)NCCOC)c2ccccc2O1. The Hall–Kier alpha value is -1.86. The van der Waals surface area contributed by atoms with Gasteiger partial charge in [-0.05, 0) is 24.4 Å². The molecule has 1 heterocycles. The van der Waals surface area contributed by atoms with Crippen LogP contribution in [0, 0.1) is 0 Å². The maximum Gasteiger partial charge on any atom is 0.262 e. The number of hydrogen-bond donors (Lipinski definition) is 2. The third-order valence-electron chi connectivity index (χ3n) is 3.14. The molecule has 1 aliphatic rings. The van der Waals surface area contributed by atoms with Gasteiger partial charge in [0.1, 0.15) is 5.75 Å². The van der Waals surface area contributed by atoms with Crippen LogP contribution < -0.4 is 20.3 Å². The number of carbonyl (C=O) groups is 1. The Labute approximate surface area is 129 Å². The van der Waals surface area contributed by atoms with Crippen LogP contribution in [0.15, 0.2) is 24.3 Å². The number of methoxy groups -OCH3 is 1. The number of thiocarbonyl (C=S) groups is 1. The molecule has 0 fully saturated rings. The molecule has 7 heteroatoms. The molecule has 0 unspecified atom stereocenters. The largest absolute Gasteiger partial charge is 0.477 e. The van der Waals surface area contributed by atoms with E-state index in [9.17, 15) is 4.79 Å². The second kappa shape index (κ2) is 7.24. The van der Waals surface area contributed by atoms with E-state index in [0.717, 1.165) is 5.69 Å². The van der Waals surface area contributed by atoms with Crippen LogP contribution in [0.25, 0.3) is 0 Å². The number of likely N-dealkylation sites (N-methyl/N-ethyl adjacent to an activating group) is 1. The summed E-state index contributed by atoms with van der Waals surface area (Å²) in [6.45, 7) is 1.54. The Kier molecular flexibility index (Phi) is 5.35. The van der Waals surface area contributed by atoms with Crippen molar-refractivity contribution in [2.45, 2.75) is 6.10 Å². The number of amides is 1. The van der Waals surface area contributed by atoms with Crippen LogP contribution in [0.2, 0.25) is 0 Å². The number of fused-ring (bicyclic) bond motifs is 1. The van der Waals surface area contributed by atoms with Crippen molar-refractivity contribution in [3.63, 3.8) is 0 Å². The summed E-state index contributed by atoms with van der Waals surface area (Å²) in [4.78, 5) is 13.7. The van der Waals surface area contributed by atoms with Crippen LogP contribution in [0.5, 0.6) is 5.75 Å². The third-order valence-corrected chi connectivity index (χ3v) is 3.50. The lowest BCUT2D eigenvalue weighted by Gasteiger charge is -2.35. The molecule has 2 N–H and O–H groups in total. The number of nitrogens with one attached hydrogen (secondary N) is 2. The molecule has 0 bridgehead atoms. The molecule has 1 aromatic carbocycles. The standard InChI is InChI=1S/C14H19N3O3S/c1-15-13(18)12-9-17(14(21)16-7-8-19-2)10-5-3-4-6-11(10)20-12/h3-6,12H,7-9H2,1-2H3,(H,15,18)(H,16,21)/t12-/m0/s1. The van der Waals surface area contributed by atoms with Crippen molar-refractivity contribution in [2.24, 2.45) is 0 Å². The zero-order valence-electron chi connectivity index (χ0n) is 12.1. The molecule has 1 amide bonds. The van der Waals surface area contributed by atoms with Gasteiger partial charge in [-0.15, -0.1) is 0 Å². The minimum Gasteiger partial charge on any atom is -0.477 e. The predicted octanol–water partition coefficient (Wildman–Crippen LogP) is 0.521. The number of carbonyl (C=O) groups excluding carboxylic acids is 1. The molecule has 1 atom stereocenters. The molecule has 0 saturated carbocycles. The zero-order chi connectivity index (χ0) is 15.2. The molecule has 0 aromatic heterocycles. The average Bonchev–Trinajstić information content (AvgIpc) is 2.53. The molecule has 0 spiro atoms. The fourth-order valence-corrected chi connectivity index (χ4v) is 2.35. The predicted molar refractivity (Wildman–Crippen MR) is 84.7 cm³/mol. The Morgan fingerprint density at radius 1 is 1.52 bits per heavy atom. The van der Waals surface area contributed by atoms with Gasteiger partial charge in [0.15, 0.2) is 11.2 Å². The zero-order valence-corrected chi connectivity index (χ0v) is 12.9. The number of nitrogens with zero attached hydrogens (tertiary/aromatic N) is 1. The van der Waals surface area contributed by atoms with Crippen molar-refractivity contribution in [1.29, 1.82) is 0 Å². The van der Waals surface area contributed by atoms with Gasteiger partial charge in [0.25, 0.3) is 5.91 Å². The number of para-hydroxylation sites is 2. The van der Waals surface area contributed by atoms with Gasteiger partial charge in [-0.3, -0.25) is 4.79 Å². The second-order valence-corrected chi connectivity index (χ2v) is 4.91. The Morgan fingerprint density at radius 3 is 3.00 bits per heavy atom. The summed E-state index contributed by atoms with van der Waals surface area (Å²) in [5.74, 6) is 0.474. The first-order valence-corrected chi connectivity index (χ1v) is 7.09. The van der Waals surface area contributed by atoms with Gasteiger partial charge in [0.2, 0.25) is 0 Å². The second-order valence-electron chi connectivity index (χ2n) is 4.52.